The van der Waals surface area contributed by atoms with E-state index in [9.17, 15) is 4.79 Å². The van der Waals surface area contributed by atoms with Crippen molar-refractivity contribution in [2.75, 3.05) is 6.61 Å². The van der Waals surface area contributed by atoms with Crippen LogP contribution in [0.25, 0.3) is 0 Å². The third-order valence-electron chi connectivity index (χ3n) is 2.28. The van der Waals surface area contributed by atoms with E-state index in [-0.39, 0.29) is 11.7 Å². The van der Waals surface area contributed by atoms with E-state index in [1.165, 1.54) is 0 Å². The number of benzene rings is 1. The minimum atomic E-state index is 0.0830. The van der Waals surface area contributed by atoms with Crippen molar-refractivity contribution in [3.8, 4) is 5.75 Å². The van der Waals surface area contributed by atoms with Crippen molar-refractivity contribution in [1.82, 2.24) is 0 Å². The highest BCUT2D eigenvalue weighted by atomic mass is 16.5. The molecule has 0 spiro atoms. The van der Waals surface area contributed by atoms with E-state index in [1.807, 2.05) is 45.0 Å². The third-order valence-corrected chi connectivity index (χ3v) is 2.28. The van der Waals surface area contributed by atoms with E-state index >= 15 is 0 Å². The highest BCUT2D eigenvalue weighted by molar-refractivity contribution is 5.83. The fourth-order valence-electron chi connectivity index (χ4n) is 1.34. The predicted molar refractivity (Wildman–Crippen MR) is 61.2 cm³/mol. The van der Waals surface area contributed by atoms with Gasteiger partial charge in [0.05, 0.1) is 6.61 Å². The summed E-state index contributed by atoms with van der Waals surface area (Å²) in [5.74, 6) is 1.16. The molecular formula is C13H18O2. The van der Waals surface area contributed by atoms with Gasteiger partial charge in [0.15, 0.2) is 0 Å². The van der Waals surface area contributed by atoms with E-state index < -0.39 is 0 Å². The second-order valence-electron chi connectivity index (χ2n) is 3.84. The molecule has 1 rings (SSSR count). The Morgan fingerprint density at radius 3 is 2.60 bits per heavy atom. The summed E-state index contributed by atoms with van der Waals surface area (Å²) in [7, 11) is 0. The van der Waals surface area contributed by atoms with Crippen LogP contribution in [-0.4, -0.2) is 12.4 Å². The summed E-state index contributed by atoms with van der Waals surface area (Å²) in [4.78, 5) is 11.6. The summed E-state index contributed by atoms with van der Waals surface area (Å²) in [5.41, 5.74) is 0.984. The van der Waals surface area contributed by atoms with Gasteiger partial charge in [-0.15, -0.1) is 0 Å². The van der Waals surface area contributed by atoms with Crippen molar-refractivity contribution in [1.29, 1.82) is 0 Å². The minimum absolute atomic E-state index is 0.0830. The molecule has 0 N–H and O–H groups in total. The first-order valence-corrected chi connectivity index (χ1v) is 5.38. The highest BCUT2D eigenvalue weighted by Gasteiger charge is 2.11. The van der Waals surface area contributed by atoms with Crippen LogP contribution in [0.3, 0.4) is 0 Å². The lowest BCUT2D eigenvalue weighted by Gasteiger charge is -2.10. The van der Waals surface area contributed by atoms with Gasteiger partial charge >= 0.3 is 0 Å². The van der Waals surface area contributed by atoms with Crippen LogP contribution in [0, 0.1) is 5.92 Å². The number of rotatable bonds is 5. The Morgan fingerprint density at radius 2 is 2.00 bits per heavy atom. The minimum Gasteiger partial charge on any atom is -0.494 e. The average Bonchev–Trinajstić information content (AvgIpc) is 2.21. The van der Waals surface area contributed by atoms with E-state index in [0.29, 0.717) is 13.0 Å². The van der Waals surface area contributed by atoms with E-state index in [4.69, 9.17) is 4.74 Å². The molecule has 0 bridgehead atoms. The van der Waals surface area contributed by atoms with Gasteiger partial charge in [-0.3, -0.25) is 4.79 Å². The summed E-state index contributed by atoms with van der Waals surface area (Å²) >= 11 is 0. The molecule has 0 fully saturated rings. The zero-order chi connectivity index (χ0) is 11.3. The maximum absolute atomic E-state index is 11.6. The molecule has 0 aliphatic rings. The lowest BCUT2D eigenvalue weighted by atomic mass is 10.0. The molecule has 1 aromatic carbocycles. The van der Waals surface area contributed by atoms with E-state index in [0.717, 1.165) is 11.3 Å². The molecule has 0 unspecified atom stereocenters. The predicted octanol–water partition coefficient (Wildman–Crippen LogP) is 2.85. The average molecular weight is 206 g/mol. The molecule has 0 saturated carbocycles. The fraction of sp³-hybridized carbons (Fsp3) is 0.462. The normalized spacial score (nSPS) is 10.4. The molecule has 1 aromatic rings. The van der Waals surface area contributed by atoms with Crippen molar-refractivity contribution < 1.29 is 9.53 Å². The van der Waals surface area contributed by atoms with Crippen LogP contribution in [-0.2, 0) is 11.2 Å². The molecule has 2 nitrogen and oxygen atoms in total. The smallest absolute Gasteiger partial charge is 0.139 e. The number of para-hydroxylation sites is 1. The quantitative estimate of drug-likeness (QED) is 0.740. The summed E-state index contributed by atoms with van der Waals surface area (Å²) in [6.07, 6.45) is 0.466. The van der Waals surface area contributed by atoms with Crippen LogP contribution < -0.4 is 4.74 Å². The molecule has 0 atom stereocenters. The van der Waals surface area contributed by atoms with Gasteiger partial charge in [0.25, 0.3) is 0 Å². The van der Waals surface area contributed by atoms with Crippen LogP contribution in [0.15, 0.2) is 24.3 Å². The topological polar surface area (TPSA) is 26.3 Å². The zero-order valence-electron chi connectivity index (χ0n) is 9.62. The number of hydrogen-bond acceptors (Lipinski definition) is 2. The van der Waals surface area contributed by atoms with Gasteiger partial charge in [-0.25, -0.2) is 0 Å². The number of Topliss-reactive ketones (excluding diaryl/α,β-unsaturated/α-hetero) is 1. The summed E-state index contributed by atoms with van der Waals surface area (Å²) < 4.78 is 5.47. The van der Waals surface area contributed by atoms with Gasteiger partial charge in [-0.1, -0.05) is 32.0 Å². The molecule has 2 heteroatoms. The number of carbonyl (C=O) groups excluding carboxylic acids is 1. The lowest BCUT2D eigenvalue weighted by Crippen LogP contribution is -2.11. The molecule has 0 aliphatic carbocycles. The Bertz CT molecular complexity index is 329. The summed E-state index contributed by atoms with van der Waals surface area (Å²) in [6, 6.07) is 7.72. The van der Waals surface area contributed by atoms with Crippen LogP contribution in [0.1, 0.15) is 26.3 Å². The zero-order valence-corrected chi connectivity index (χ0v) is 9.62. The molecule has 82 valence electrons. The molecule has 0 heterocycles. The van der Waals surface area contributed by atoms with Crippen molar-refractivity contribution in [3.63, 3.8) is 0 Å². The number of ketones is 1. The highest BCUT2D eigenvalue weighted by Crippen LogP contribution is 2.19. The molecular weight excluding hydrogens is 188 g/mol. The Kier molecular flexibility index (Phi) is 4.35. The van der Waals surface area contributed by atoms with Gasteiger partial charge in [-0.05, 0) is 13.0 Å². The third kappa shape index (κ3) is 3.39. The maximum Gasteiger partial charge on any atom is 0.139 e. The van der Waals surface area contributed by atoms with Crippen molar-refractivity contribution >= 4 is 5.78 Å². The summed E-state index contributed by atoms with van der Waals surface area (Å²) in [5, 5.41) is 0. The molecule has 0 saturated heterocycles. The monoisotopic (exact) mass is 206 g/mol. The van der Waals surface area contributed by atoms with E-state index in [1.54, 1.807) is 0 Å². The first-order valence-electron chi connectivity index (χ1n) is 5.38. The Labute approximate surface area is 91.3 Å². The molecule has 0 amide bonds. The van der Waals surface area contributed by atoms with Gasteiger partial charge in [0, 0.05) is 17.9 Å². The second kappa shape index (κ2) is 5.54. The van der Waals surface area contributed by atoms with E-state index in [2.05, 4.69) is 0 Å². The molecule has 0 aliphatic heterocycles. The Morgan fingerprint density at radius 1 is 1.33 bits per heavy atom. The summed E-state index contributed by atoms with van der Waals surface area (Å²) in [6.45, 7) is 6.42. The molecule has 0 radical (unpaired) electrons. The van der Waals surface area contributed by atoms with Gasteiger partial charge in [-0.2, -0.15) is 0 Å². The Hall–Kier alpha value is -1.31. The van der Waals surface area contributed by atoms with Crippen LogP contribution in [0.4, 0.5) is 0 Å². The first-order chi connectivity index (χ1) is 7.15. The van der Waals surface area contributed by atoms with Gasteiger partial charge < -0.3 is 4.74 Å². The number of ether oxygens (including phenoxy) is 1. The molecule has 0 aromatic heterocycles. The Balaban J connectivity index is 2.79. The van der Waals surface area contributed by atoms with Crippen LogP contribution in [0.5, 0.6) is 5.75 Å². The van der Waals surface area contributed by atoms with Gasteiger partial charge in [0.1, 0.15) is 11.5 Å². The number of carbonyl (C=O) groups is 1. The number of hydrogen-bond donors (Lipinski definition) is 0. The van der Waals surface area contributed by atoms with Crippen molar-refractivity contribution in [2.45, 2.75) is 27.2 Å². The standard InChI is InChI=1S/C13H18O2/c1-4-15-13-8-6-5-7-11(13)9-12(14)10(2)3/h5-8,10H,4,9H2,1-3H3. The van der Waals surface area contributed by atoms with Crippen LogP contribution >= 0.6 is 0 Å². The largest absolute Gasteiger partial charge is 0.494 e. The fourth-order valence-corrected chi connectivity index (χ4v) is 1.34. The van der Waals surface area contributed by atoms with Crippen LogP contribution in [0.2, 0.25) is 0 Å². The molecule has 15 heavy (non-hydrogen) atoms. The van der Waals surface area contributed by atoms with Crippen molar-refractivity contribution in [2.24, 2.45) is 5.92 Å². The van der Waals surface area contributed by atoms with Gasteiger partial charge in [0.2, 0.25) is 0 Å². The maximum atomic E-state index is 11.6. The second-order valence-corrected chi connectivity index (χ2v) is 3.84. The SMILES string of the molecule is CCOc1ccccc1CC(=O)C(C)C. The first kappa shape index (κ1) is 11.8. The van der Waals surface area contributed by atoms with Crippen molar-refractivity contribution in [3.05, 3.63) is 29.8 Å². The lowest BCUT2D eigenvalue weighted by molar-refractivity contribution is -0.121.